The lowest BCUT2D eigenvalue weighted by molar-refractivity contribution is -0.159. The Kier molecular flexibility index (Phi) is 8.36. The number of aliphatic carboxylic acids is 2. The van der Waals surface area contributed by atoms with Crippen molar-refractivity contribution >= 4 is 34.3 Å². The zero-order chi connectivity index (χ0) is 19.6. The van der Waals surface area contributed by atoms with E-state index in [1.165, 1.54) is 38.9 Å². The fourth-order valence-corrected chi connectivity index (χ4v) is 3.21. The van der Waals surface area contributed by atoms with Crippen LogP contribution in [0.1, 0.15) is 25.7 Å². The van der Waals surface area contributed by atoms with Crippen molar-refractivity contribution in [1.29, 1.82) is 0 Å². The Hall–Kier alpha value is -2.31. The number of carboxylic acid groups (broad SMARTS) is 2. The van der Waals surface area contributed by atoms with Crippen molar-refractivity contribution in [2.45, 2.75) is 25.7 Å². The summed E-state index contributed by atoms with van der Waals surface area (Å²) in [7, 11) is 0. The van der Waals surface area contributed by atoms with E-state index in [-0.39, 0.29) is 0 Å². The molecule has 146 valence electrons. The van der Waals surface area contributed by atoms with Gasteiger partial charge in [0.25, 0.3) is 0 Å². The van der Waals surface area contributed by atoms with Crippen LogP contribution < -0.4 is 4.74 Å². The maximum atomic E-state index is 9.10. The van der Waals surface area contributed by atoms with E-state index in [0.717, 1.165) is 34.6 Å². The van der Waals surface area contributed by atoms with Gasteiger partial charge >= 0.3 is 11.9 Å². The van der Waals surface area contributed by atoms with Gasteiger partial charge in [0.2, 0.25) is 0 Å². The van der Waals surface area contributed by atoms with E-state index in [9.17, 15) is 0 Å². The Morgan fingerprint density at radius 2 is 1.59 bits per heavy atom. The highest BCUT2D eigenvalue weighted by atomic mass is 35.5. The summed E-state index contributed by atoms with van der Waals surface area (Å²) in [5.74, 6) is -2.71. The number of benzene rings is 2. The van der Waals surface area contributed by atoms with Crippen molar-refractivity contribution in [1.82, 2.24) is 4.90 Å². The first-order valence-electron chi connectivity index (χ1n) is 8.97. The van der Waals surface area contributed by atoms with E-state index in [0.29, 0.717) is 0 Å². The SMILES string of the molecule is Clc1ccc(OCCCCN2CCCC2)c2ccccc12.O=C(O)C(=O)O. The van der Waals surface area contributed by atoms with E-state index < -0.39 is 11.9 Å². The first kappa shape index (κ1) is 21.0. The summed E-state index contributed by atoms with van der Waals surface area (Å²) < 4.78 is 5.96. The van der Waals surface area contributed by atoms with Crippen molar-refractivity contribution < 1.29 is 24.5 Å². The smallest absolute Gasteiger partial charge is 0.414 e. The molecule has 0 radical (unpaired) electrons. The predicted octanol–water partition coefficient (Wildman–Crippen LogP) is 3.90. The van der Waals surface area contributed by atoms with E-state index >= 15 is 0 Å². The Morgan fingerprint density at radius 1 is 0.963 bits per heavy atom. The third-order valence-corrected chi connectivity index (χ3v) is 4.67. The molecule has 2 N–H and O–H groups in total. The molecule has 0 bridgehead atoms. The number of likely N-dealkylation sites (tertiary alicyclic amines) is 1. The molecule has 1 heterocycles. The van der Waals surface area contributed by atoms with Gasteiger partial charge in [-0.3, -0.25) is 0 Å². The molecule has 3 rings (SSSR count). The van der Waals surface area contributed by atoms with Gasteiger partial charge in [-0.05, 0) is 57.5 Å². The molecule has 1 aliphatic heterocycles. The molecule has 2 aromatic carbocycles. The summed E-state index contributed by atoms with van der Waals surface area (Å²) >= 11 is 6.22. The molecule has 0 amide bonds. The average Bonchev–Trinajstić information content (AvgIpc) is 3.17. The second kappa shape index (κ2) is 10.7. The molecular formula is C20H24ClNO5. The molecule has 0 unspecified atom stereocenters. The Labute approximate surface area is 163 Å². The van der Waals surface area contributed by atoms with Crippen molar-refractivity contribution in [3.05, 3.63) is 41.4 Å². The minimum atomic E-state index is -1.82. The highest BCUT2D eigenvalue weighted by Gasteiger charge is 2.10. The Bertz CT molecular complexity index is 762. The third-order valence-electron chi connectivity index (χ3n) is 4.34. The predicted molar refractivity (Wildman–Crippen MR) is 105 cm³/mol. The largest absolute Gasteiger partial charge is 0.493 e. The average molecular weight is 394 g/mol. The molecule has 1 aliphatic rings. The summed E-state index contributed by atoms with van der Waals surface area (Å²) in [6.07, 6.45) is 5.06. The molecular weight excluding hydrogens is 370 g/mol. The van der Waals surface area contributed by atoms with Crippen LogP contribution in [0.3, 0.4) is 0 Å². The number of carbonyl (C=O) groups is 2. The number of fused-ring (bicyclic) bond motifs is 1. The van der Waals surface area contributed by atoms with Crippen molar-refractivity contribution in [2.24, 2.45) is 0 Å². The molecule has 0 aliphatic carbocycles. The molecule has 0 atom stereocenters. The molecule has 0 saturated carbocycles. The lowest BCUT2D eigenvalue weighted by Crippen LogP contribution is -2.20. The highest BCUT2D eigenvalue weighted by molar-refractivity contribution is 6.35. The lowest BCUT2D eigenvalue weighted by Gasteiger charge is -2.14. The molecule has 27 heavy (non-hydrogen) atoms. The van der Waals surface area contributed by atoms with Crippen molar-refractivity contribution in [2.75, 3.05) is 26.2 Å². The van der Waals surface area contributed by atoms with Gasteiger partial charge in [-0.2, -0.15) is 0 Å². The number of ether oxygens (including phenoxy) is 1. The van der Waals surface area contributed by atoms with Gasteiger partial charge in [-0.1, -0.05) is 35.9 Å². The van der Waals surface area contributed by atoms with E-state index in [1.54, 1.807) is 0 Å². The molecule has 1 fully saturated rings. The summed E-state index contributed by atoms with van der Waals surface area (Å²) in [6, 6.07) is 12.0. The molecule has 1 saturated heterocycles. The van der Waals surface area contributed by atoms with Crippen LogP contribution in [0.5, 0.6) is 5.75 Å². The summed E-state index contributed by atoms with van der Waals surface area (Å²) in [5.41, 5.74) is 0. The quantitative estimate of drug-likeness (QED) is 0.571. The maximum absolute atomic E-state index is 9.10. The van der Waals surface area contributed by atoms with Gasteiger partial charge in [0.05, 0.1) is 6.61 Å². The van der Waals surface area contributed by atoms with Crippen molar-refractivity contribution in [3.8, 4) is 5.75 Å². The van der Waals surface area contributed by atoms with Crippen LogP contribution in [-0.2, 0) is 9.59 Å². The zero-order valence-electron chi connectivity index (χ0n) is 15.1. The Balaban J connectivity index is 0.000000380. The first-order chi connectivity index (χ1) is 13.0. The fraction of sp³-hybridized carbons (Fsp3) is 0.400. The normalized spacial score (nSPS) is 13.8. The summed E-state index contributed by atoms with van der Waals surface area (Å²) in [4.78, 5) is 20.8. The van der Waals surface area contributed by atoms with Gasteiger partial charge in [-0.15, -0.1) is 0 Å². The monoisotopic (exact) mass is 393 g/mol. The number of nitrogens with zero attached hydrogens (tertiary/aromatic N) is 1. The van der Waals surface area contributed by atoms with Gasteiger partial charge in [0.15, 0.2) is 0 Å². The number of rotatable bonds is 6. The van der Waals surface area contributed by atoms with Crippen molar-refractivity contribution in [3.63, 3.8) is 0 Å². The van der Waals surface area contributed by atoms with Crippen LogP contribution in [0.2, 0.25) is 5.02 Å². The number of unbranched alkanes of at least 4 members (excludes halogenated alkanes) is 1. The van der Waals surface area contributed by atoms with E-state index in [4.69, 9.17) is 36.1 Å². The minimum Gasteiger partial charge on any atom is -0.493 e. The van der Waals surface area contributed by atoms with Crippen LogP contribution in [0, 0.1) is 0 Å². The zero-order valence-corrected chi connectivity index (χ0v) is 15.8. The maximum Gasteiger partial charge on any atom is 0.414 e. The van der Waals surface area contributed by atoms with Gasteiger partial charge in [0, 0.05) is 15.8 Å². The number of hydrogen-bond acceptors (Lipinski definition) is 4. The standard InChI is InChI=1S/C18H22ClNO.C2H2O4/c19-17-9-10-18(16-8-2-1-7-15(16)17)21-14-6-5-13-20-11-3-4-12-20;3-1(4)2(5)6/h1-2,7-10H,3-6,11-14H2;(H,3,4)(H,5,6). The van der Waals surface area contributed by atoms with Crippen LogP contribution in [-0.4, -0.2) is 53.3 Å². The molecule has 2 aromatic rings. The second-order valence-corrected chi connectivity index (χ2v) is 6.71. The molecule has 0 spiro atoms. The molecule has 0 aromatic heterocycles. The number of hydrogen-bond donors (Lipinski definition) is 2. The first-order valence-corrected chi connectivity index (χ1v) is 9.35. The van der Waals surface area contributed by atoms with Crippen LogP contribution in [0.15, 0.2) is 36.4 Å². The van der Waals surface area contributed by atoms with Crippen LogP contribution in [0.25, 0.3) is 10.8 Å². The van der Waals surface area contributed by atoms with Crippen LogP contribution >= 0.6 is 11.6 Å². The van der Waals surface area contributed by atoms with Gasteiger partial charge < -0.3 is 19.8 Å². The summed E-state index contributed by atoms with van der Waals surface area (Å²) in [6.45, 7) is 4.55. The lowest BCUT2D eigenvalue weighted by atomic mass is 10.1. The van der Waals surface area contributed by atoms with Gasteiger partial charge in [0.1, 0.15) is 5.75 Å². The highest BCUT2D eigenvalue weighted by Crippen LogP contribution is 2.31. The molecule has 6 nitrogen and oxygen atoms in total. The van der Waals surface area contributed by atoms with E-state index in [1.807, 2.05) is 30.3 Å². The van der Waals surface area contributed by atoms with Crippen LogP contribution in [0.4, 0.5) is 0 Å². The topological polar surface area (TPSA) is 87.1 Å². The van der Waals surface area contributed by atoms with E-state index in [2.05, 4.69) is 11.0 Å². The molecule has 7 heteroatoms. The second-order valence-electron chi connectivity index (χ2n) is 6.31. The number of halogens is 1. The fourth-order valence-electron chi connectivity index (χ4n) is 2.99. The third kappa shape index (κ3) is 6.73. The number of carboxylic acids is 2. The minimum absolute atomic E-state index is 0.777. The van der Waals surface area contributed by atoms with Gasteiger partial charge in [-0.25, -0.2) is 9.59 Å². The Morgan fingerprint density at radius 3 is 2.22 bits per heavy atom. The summed E-state index contributed by atoms with van der Waals surface area (Å²) in [5, 5.41) is 17.7.